The minimum absolute atomic E-state index is 0.0476. The number of sulfonamides is 1. The van der Waals surface area contributed by atoms with Crippen molar-refractivity contribution < 1.29 is 27.1 Å². The highest BCUT2D eigenvalue weighted by atomic mass is 32.2. The van der Waals surface area contributed by atoms with E-state index in [1.807, 2.05) is 27.7 Å². The topological polar surface area (TPSA) is 140 Å². The molecule has 2 aromatic heterocycles. The molecule has 5 rings (SSSR count). The van der Waals surface area contributed by atoms with Crippen LogP contribution in [0.25, 0.3) is 5.69 Å². The average molecular weight is 652 g/mol. The van der Waals surface area contributed by atoms with Crippen LogP contribution >= 0.6 is 0 Å². The van der Waals surface area contributed by atoms with Gasteiger partial charge >= 0.3 is 6.03 Å². The van der Waals surface area contributed by atoms with Gasteiger partial charge in [0.1, 0.15) is 23.1 Å². The molecule has 3 N–H and O–H groups in total. The van der Waals surface area contributed by atoms with Crippen LogP contribution in [0.3, 0.4) is 0 Å². The number of hydrogen-bond donors (Lipinski definition) is 3. The molecule has 0 spiro atoms. The van der Waals surface area contributed by atoms with Crippen LogP contribution < -0.4 is 20.1 Å². The van der Waals surface area contributed by atoms with Gasteiger partial charge in [-0.1, -0.05) is 20.8 Å². The van der Waals surface area contributed by atoms with Crippen LogP contribution in [0.5, 0.6) is 11.5 Å². The molecule has 0 atom stereocenters. The number of morpholine rings is 1. The van der Waals surface area contributed by atoms with E-state index < -0.39 is 21.9 Å². The minimum Gasteiger partial charge on any atom is -0.457 e. The molecular weight excluding hydrogens is 613 g/mol. The second kappa shape index (κ2) is 14.0. The number of ether oxygens (including phenoxy) is 2. The Kier molecular flexibility index (Phi) is 10.0. The van der Waals surface area contributed by atoms with Gasteiger partial charge in [-0.3, -0.25) is 15.2 Å². The number of anilines is 2. The summed E-state index contributed by atoms with van der Waals surface area (Å²) < 4.78 is 55.9. The fourth-order valence-electron chi connectivity index (χ4n) is 4.70. The molecule has 0 radical (unpaired) electrons. The number of urea groups is 1. The molecule has 1 aliphatic heterocycles. The van der Waals surface area contributed by atoms with Gasteiger partial charge in [-0.25, -0.2) is 27.0 Å². The molecule has 3 heterocycles. The van der Waals surface area contributed by atoms with Crippen molar-refractivity contribution in [1.29, 1.82) is 0 Å². The molecule has 2 aromatic carbocycles. The number of halogens is 1. The lowest BCUT2D eigenvalue weighted by Gasteiger charge is -2.26. The van der Waals surface area contributed by atoms with E-state index >= 15 is 0 Å². The Labute approximate surface area is 268 Å². The first-order valence-electron chi connectivity index (χ1n) is 14.9. The van der Waals surface area contributed by atoms with Crippen LogP contribution in [0.2, 0.25) is 0 Å². The van der Waals surface area contributed by atoms with E-state index in [9.17, 15) is 17.6 Å². The molecule has 46 heavy (non-hydrogen) atoms. The van der Waals surface area contributed by atoms with E-state index in [2.05, 4.69) is 30.3 Å². The van der Waals surface area contributed by atoms with Gasteiger partial charge in [-0.15, -0.1) is 0 Å². The number of aromatic nitrogens is 3. The molecule has 244 valence electrons. The first-order valence-corrected chi connectivity index (χ1v) is 16.3. The van der Waals surface area contributed by atoms with Gasteiger partial charge in [0.05, 0.1) is 35.2 Å². The van der Waals surface area contributed by atoms with Crippen molar-refractivity contribution >= 4 is 27.6 Å². The summed E-state index contributed by atoms with van der Waals surface area (Å²) in [5, 5.41) is 9.95. The van der Waals surface area contributed by atoms with Gasteiger partial charge in [0.15, 0.2) is 0 Å². The summed E-state index contributed by atoms with van der Waals surface area (Å²) in [7, 11) is -3.73. The van der Waals surface area contributed by atoms with Crippen LogP contribution in [0.4, 0.5) is 20.7 Å². The Balaban J connectivity index is 1.27. The molecule has 0 unspecified atom stereocenters. The fourth-order valence-corrected chi connectivity index (χ4v) is 5.72. The quantitative estimate of drug-likeness (QED) is 0.216. The van der Waals surface area contributed by atoms with E-state index in [1.54, 1.807) is 42.6 Å². The predicted octanol–water partition coefficient (Wildman–Crippen LogP) is 5.06. The van der Waals surface area contributed by atoms with Crippen LogP contribution in [0.1, 0.15) is 32.2 Å². The fraction of sp³-hybridized carbons (Fsp3) is 0.344. The van der Waals surface area contributed by atoms with E-state index in [1.165, 1.54) is 28.9 Å². The van der Waals surface area contributed by atoms with Crippen molar-refractivity contribution in [2.24, 2.45) is 0 Å². The summed E-state index contributed by atoms with van der Waals surface area (Å²) in [4.78, 5) is 19.4. The first kappa shape index (κ1) is 33.0. The standard InChI is InChI=1S/C32H38FN7O5S/c1-22-19-25(11-12-34-22)45-24-7-10-28(27(33)20-24)36-31(41)37-30-21-29(32(2,3)4)38-40(30)23-5-8-26(9-6-23)46(42,43)35-13-14-39-15-17-44-18-16-39/h5-12,19-21,35H,13-18H2,1-4H3,(H2,36,37,41). The van der Waals surface area contributed by atoms with E-state index in [0.29, 0.717) is 42.7 Å². The Morgan fingerprint density at radius 1 is 1.00 bits per heavy atom. The van der Waals surface area contributed by atoms with Crippen molar-refractivity contribution in [2.45, 2.75) is 38.0 Å². The van der Waals surface area contributed by atoms with Crippen LogP contribution in [-0.4, -0.2) is 73.5 Å². The molecule has 1 saturated heterocycles. The van der Waals surface area contributed by atoms with Crippen molar-refractivity contribution in [3.8, 4) is 17.2 Å². The number of aryl methyl sites for hydroxylation is 1. The van der Waals surface area contributed by atoms with Crippen molar-refractivity contribution in [2.75, 3.05) is 50.0 Å². The Morgan fingerprint density at radius 2 is 1.72 bits per heavy atom. The molecule has 0 saturated carbocycles. The summed E-state index contributed by atoms with van der Waals surface area (Å²) in [5.41, 5.74) is 1.56. The van der Waals surface area contributed by atoms with Gasteiger partial charge in [-0.05, 0) is 49.4 Å². The molecule has 14 heteroatoms. The number of carbonyl (C=O) groups is 1. The van der Waals surface area contributed by atoms with E-state index in [4.69, 9.17) is 9.47 Å². The zero-order chi connectivity index (χ0) is 32.9. The Bertz CT molecular complexity index is 1780. The molecule has 12 nitrogen and oxygen atoms in total. The average Bonchev–Trinajstić information content (AvgIpc) is 3.43. The SMILES string of the molecule is Cc1cc(Oc2ccc(NC(=O)Nc3cc(C(C)(C)C)nn3-c3ccc(S(=O)(=O)NCCN4CCOCC4)cc3)c(F)c2)ccn1. The molecule has 2 amide bonds. The lowest BCUT2D eigenvalue weighted by atomic mass is 9.92. The zero-order valence-corrected chi connectivity index (χ0v) is 27.0. The van der Waals surface area contributed by atoms with E-state index in [0.717, 1.165) is 18.8 Å². The van der Waals surface area contributed by atoms with Crippen molar-refractivity contribution in [1.82, 2.24) is 24.4 Å². The number of hydrogen-bond acceptors (Lipinski definition) is 8. The molecule has 0 aliphatic carbocycles. The predicted molar refractivity (Wildman–Crippen MR) is 173 cm³/mol. The number of amides is 2. The molecule has 0 bridgehead atoms. The summed E-state index contributed by atoms with van der Waals surface area (Å²) in [6.07, 6.45) is 1.60. The molecular formula is C32H38FN7O5S. The van der Waals surface area contributed by atoms with Crippen LogP contribution in [0.15, 0.2) is 71.8 Å². The second-order valence-corrected chi connectivity index (χ2v) is 13.6. The van der Waals surface area contributed by atoms with Gasteiger partial charge in [0.2, 0.25) is 10.0 Å². The van der Waals surface area contributed by atoms with Crippen LogP contribution in [0, 0.1) is 12.7 Å². The lowest BCUT2D eigenvalue weighted by molar-refractivity contribution is 0.0390. The summed E-state index contributed by atoms with van der Waals surface area (Å²) in [6, 6.07) is 14.8. The Hall–Kier alpha value is -4.37. The normalized spacial score (nSPS) is 14.2. The maximum Gasteiger partial charge on any atom is 0.324 e. The smallest absolute Gasteiger partial charge is 0.324 e. The lowest BCUT2D eigenvalue weighted by Crippen LogP contribution is -2.41. The van der Waals surface area contributed by atoms with Gasteiger partial charge in [-0.2, -0.15) is 5.10 Å². The highest BCUT2D eigenvalue weighted by Gasteiger charge is 2.23. The van der Waals surface area contributed by atoms with Gasteiger partial charge in [0, 0.05) is 61.7 Å². The van der Waals surface area contributed by atoms with Crippen molar-refractivity contribution in [3.05, 3.63) is 84.1 Å². The number of benzene rings is 2. The third kappa shape index (κ3) is 8.46. The zero-order valence-electron chi connectivity index (χ0n) is 26.2. The number of carbonyl (C=O) groups excluding carboxylic acids is 1. The summed E-state index contributed by atoms with van der Waals surface area (Å²) in [6.45, 7) is 11.5. The summed E-state index contributed by atoms with van der Waals surface area (Å²) in [5.74, 6) is 0.409. The monoisotopic (exact) mass is 651 g/mol. The number of rotatable bonds is 10. The third-order valence-electron chi connectivity index (χ3n) is 7.23. The highest BCUT2D eigenvalue weighted by Crippen LogP contribution is 2.28. The molecule has 1 fully saturated rings. The van der Waals surface area contributed by atoms with Crippen LogP contribution in [-0.2, 0) is 20.2 Å². The van der Waals surface area contributed by atoms with E-state index in [-0.39, 0.29) is 28.3 Å². The van der Waals surface area contributed by atoms with Gasteiger partial charge < -0.3 is 14.8 Å². The third-order valence-corrected chi connectivity index (χ3v) is 8.70. The number of nitrogens with one attached hydrogen (secondary N) is 3. The second-order valence-electron chi connectivity index (χ2n) is 11.9. The maximum atomic E-state index is 14.9. The number of pyridine rings is 1. The van der Waals surface area contributed by atoms with Crippen molar-refractivity contribution in [3.63, 3.8) is 0 Å². The maximum absolute atomic E-state index is 14.9. The van der Waals surface area contributed by atoms with Gasteiger partial charge in [0.25, 0.3) is 0 Å². The first-order chi connectivity index (χ1) is 21.9. The summed E-state index contributed by atoms with van der Waals surface area (Å²) >= 11 is 0. The number of nitrogens with zero attached hydrogens (tertiary/aromatic N) is 4. The minimum atomic E-state index is -3.73. The molecule has 4 aromatic rings. The molecule has 1 aliphatic rings. The highest BCUT2D eigenvalue weighted by molar-refractivity contribution is 7.89. The largest absolute Gasteiger partial charge is 0.457 e. The Morgan fingerprint density at radius 3 is 2.39 bits per heavy atom.